The van der Waals surface area contributed by atoms with Crippen LogP contribution in [-0.4, -0.2) is 58.9 Å². The number of ether oxygens (including phenoxy) is 1. The third-order valence-electron chi connectivity index (χ3n) is 6.54. The first-order valence-corrected chi connectivity index (χ1v) is 12.1. The van der Waals surface area contributed by atoms with Gasteiger partial charge in [-0.05, 0) is 55.6 Å². The largest absolute Gasteiger partial charge is 0.481 e. The van der Waals surface area contributed by atoms with Gasteiger partial charge in [0, 0.05) is 30.7 Å². The molecule has 0 aromatic heterocycles. The number of hydrogen-bond acceptors (Lipinski definition) is 5. The van der Waals surface area contributed by atoms with Crippen LogP contribution in [0.3, 0.4) is 0 Å². The zero-order valence-electron chi connectivity index (χ0n) is 19.5. The van der Waals surface area contributed by atoms with Crippen LogP contribution in [0.1, 0.15) is 39.2 Å². The molecular weight excluding hydrogens is 438 g/mol. The lowest BCUT2D eigenvalue weighted by Crippen LogP contribution is -2.58. The van der Waals surface area contributed by atoms with Crippen molar-refractivity contribution in [2.45, 2.75) is 39.7 Å². The van der Waals surface area contributed by atoms with Gasteiger partial charge in [-0.3, -0.25) is 9.69 Å². The Hall–Kier alpha value is -2.57. The highest BCUT2D eigenvalue weighted by Gasteiger charge is 2.37. The summed E-state index contributed by atoms with van der Waals surface area (Å²) in [5, 5.41) is 10.6. The molecule has 176 valence electrons. The van der Waals surface area contributed by atoms with Gasteiger partial charge in [0.25, 0.3) is 0 Å². The summed E-state index contributed by atoms with van der Waals surface area (Å²) in [4.78, 5) is 21.7. The first kappa shape index (κ1) is 23.6. The number of rotatable bonds is 6. The standard InChI is InChI=1S/C26H32ClN3O3/c1-4-19(26(31)32)22-16-30(14-13-29(22)12-11-17(2)3)25-20-7-5-6-8-23(20)33-24-10-9-18(27)15-21(24)28-25/h5-10,15,17,19,22H,4,11-14,16H2,1-3H3,(H,31,32)/t19-,22?/m0/s1. The smallest absolute Gasteiger partial charge is 0.308 e. The number of carboxylic acids is 1. The molecule has 1 unspecified atom stereocenters. The normalized spacial score (nSPS) is 19.2. The molecule has 33 heavy (non-hydrogen) atoms. The van der Waals surface area contributed by atoms with Crippen LogP contribution < -0.4 is 4.74 Å². The van der Waals surface area contributed by atoms with E-state index in [4.69, 9.17) is 21.3 Å². The zero-order chi connectivity index (χ0) is 23.5. The molecule has 2 aliphatic rings. The van der Waals surface area contributed by atoms with Crippen molar-refractivity contribution in [1.82, 2.24) is 9.80 Å². The minimum atomic E-state index is -0.734. The Morgan fingerprint density at radius 3 is 2.73 bits per heavy atom. The predicted molar refractivity (Wildman–Crippen MR) is 132 cm³/mol. The Labute approximate surface area is 200 Å². The number of fused-ring (bicyclic) bond motifs is 2. The number of halogens is 1. The fourth-order valence-electron chi connectivity index (χ4n) is 4.67. The van der Waals surface area contributed by atoms with Gasteiger partial charge in [-0.15, -0.1) is 0 Å². The Morgan fingerprint density at radius 1 is 1.21 bits per heavy atom. The van der Waals surface area contributed by atoms with Gasteiger partial charge >= 0.3 is 5.97 Å². The van der Waals surface area contributed by atoms with E-state index in [2.05, 4.69) is 23.6 Å². The van der Waals surface area contributed by atoms with Crippen LogP contribution in [0.5, 0.6) is 11.5 Å². The summed E-state index contributed by atoms with van der Waals surface area (Å²) in [5.41, 5.74) is 1.58. The molecule has 0 bridgehead atoms. The summed E-state index contributed by atoms with van der Waals surface area (Å²) in [6.07, 6.45) is 1.65. The van der Waals surface area contributed by atoms with E-state index < -0.39 is 11.9 Å². The Morgan fingerprint density at radius 2 is 2.00 bits per heavy atom. The van der Waals surface area contributed by atoms with Crippen LogP contribution in [0.25, 0.3) is 0 Å². The van der Waals surface area contributed by atoms with Crippen LogP contribution in [-0.2, 0) is 4.79 Å². The molecule has 2 aromatic rings. The maximum atomic E-state index is 12.1. The number of nitrogens with zero attached hydrogens (tertiary/aromatic N) is 3. The maximum Gasteiger partial charge on any atom is 0.308 e. The second-order valence-corrected chi connectivity index (χ2v) is 9.67. The SMILES string of the molecule is CC[C@H](C(=O)O)C1CN(C2=Nc3cc(Cl)ccc3Oc3ccccc32)CCN1CCC(C)C. The van der Waals surface area contributed by atoms with Crippen LogP contribution in [0.2, 0.25) is 5.02 Å². The van der Waals surface area contributed by atoms with Crippen molar-refractivity contribution in [3.63, 3.8) is 0 Å². The number of para-hydroxylation sites is 1. The second-order valence-electron chi connectivity index (χ2n) is 9.23. The van der Waals surface area contributed by atoms with E-state index in [1.54, 1.807) is 6.07 Å². The summed E-state index contributed by atoms with van der Waals surface area (Å²) in [6.45, 7) is 9.46. The third kappa shape index (κ3) is 5.17. The van der Waals surface area contributed by atoms with E-state index in [0.717, 1.165) is 43.2 Å². The summed E-state index contributed by atoms with van der Waals surface area (Å²) in [5.74, 6) is 1.61. The number of carboxylic acid groups (broad SMARTS) is 1. The number of benzene rings is 2. The molecule has 0 amide bonds. The highest BCUT2D eigenvalue weighted by molar-refractivity contribution is 6.31. The summed E-state index contributed by atoms with van der Waals surface area (Å²) < 4.78 is 6.19. The lowest BCUT2D eigenvalue weighted by molar-refractivity contribution is -0.145. The highest BCUT2D eigenvalue weighted by atomic mass is 35.5. The fourth-order valence-corrected chi connectivity index (χ4v) is 4.84. The summed E-state index contributed by atoms with van der Waals surface area (Å²) in [6, 6.07) is 13.2. The molecular formula is C26H32ClN3O3. The topological polar surface area (TPSA) is 65.4 Å². The van der Waals surface area contributed by atoms with Gasteiger partial charge < -0.3 is 14.7 Å². The lowest BCUT2D eigenvalue weighted by Gasteiger charge is -2.45. The predicted octanol–water partition coefficient (Wildman–Crippen LogP) is 5.67. The third-order valence-corrected chi connectivity index (χ3v) is 6.78. The van der Waals surface area contributed by atoms with Crippen LogP contribution >= 0.6 is 11.6 Å². The number of aliphatic imine (C=N–C) groups is 1. The number of carbonyl (C=O) groups is 1. The van der Waals surface area contributed by atoms with E-state index in [-0.39, 0.29) is 6.04 Å². The van der Waals surface area contributed by atoms with Crippen molar-refractivity contribution in [1.29, 1.82) is 0 Å². The van der Waals surface area contributed by atoms with Gasteiger partial charge in [-0.2, -0.15) is 0 Å². The molecule has 0 saturated carbocycles. The van der Waals surface area contributed by atoms with Crippen molar-refractivity contribution in [2.24, 2.45) is 16.8 Å². The van der Waals surface area contributed by atoms with E-state index in [1.807, 2.05) is 43.3 Å². The molecule has 1 fully saturated rings. The molecule has 0 spiro atoms. The molecule has 4 rings (SSSR count). The van der Waals surface area contributed by atoms with E-state index >= 15 is 0 Å². The van der Waals surface area contributed by atoms with Crippen molar-refractivity contribution in [2.75, 3.05) is 26.2 Å². The first-order valence-electron chi connectivity index (χ1n) is 11.7. The van der Waals surface area contributed by atoms with Gasteiger partial charge in [0.2, 0.25) is 0 Å². The monoisotopic (exact) mass is 469 g/mol. The lowest BCUT2D eigenvalue weighted by atomic mass is 9.92. The molecule has 6 nitrogen and oxygen atoms in total. The number of aliphatic carboxylic acids is 1. The minimum Gasteiger partial charge on any atom is -0.481 e. The summed E-state index contributed by atoms with van der Waals surface area (Å²) in [7, 11) is 0. The second kappa shape index (κ2) is 10.1. The molecule has 2 heterocycles. The van der Waals surface area contributed by atoms with E-state index in [0.29, 0.717) is 35.3 Å². The molecule has 0 radical (unpaired) electrons. The van der Waals surface area contributed by atoms with Crippen molar-refractivity contribution >= 4 is 29.1 Å². The molecule has 2 aliphatic heterocycles. The van der Waals surface area contributed by atoms with Gasteiger partial charge in [-0.1, -0.05) is 44.5 Å². The molecule has 2 aromatic carbocycles. The van der Waals surface area contributed by atoms with Gasteiger partial charge in [0.05, 0.1) is 11.5 Å². The Bertz CT molecular complexity index is 1040. The van der Waals surface area contributed by atoms with Gasteiger partial charge in [0.1, 0.15) is 17.3 Å². The average molecular weight is 470 g/mol. The Balaban J connectivity index is 1.71. The number of piperazine rings is 1. The van der Waals surface area contributed by atoms with Gasteiger partial charge in [-0.25, -0.2) is 4.99 Å². The van der Waals surface area contributed by atoms with Crippen LogP contribution in [0, 0.1) is 11.8 Å². The van der Waals surface area contributed by atoms with E-state index in [9.17, 15) is 9.90 Å². The highest BCUT2D eigenvalue weighted by Crippen LogP contribution is 2.40. The Kier molecular flexibility index (Phi) is 7.25. The first-order chi connectivity index (χ1) is 15.9. The number of hydrogen-bond donors (Lipinski definition) is 1. The molecule has 0 aliphatic carbocycles. The van der Waals surface area contributed by atoms with Crippen molar-refractivity contribution < 1.29 is 14.6 Å². The zero-order valence-corrected chi connectivity index (χ0v) is 20.3. The molecule has 1 N–H and O–H groups in total. The maximum absolute atomic E-state index is 12.1. The molecule has 7 heteroatoms. The molecule has 2 atom stereocenters. The van der Waals surface area contributed by atoms with Gasteiger partial charge in [0.15, 0.2) is 5.75 Å². The summed E-state index contributed by atoms with van der Waals surface area (Å²) >= 11 is 6.26. The fraction of sp³-hybridized carbons (Fsp3) is 0.462. The number of amidine groups is 1. The van der Waals surface area contributed by atoms with E-state index in [1.165, 1.54) is 0 Å². The van der Waals surface area contributed by atoms with Crippen molar-refractivity contribution in [3.05, 3.63) is 53.1 Å². The quantitative estimate of drug-likeness (QED) is 0.590. The minimum absolute atomic E-state index is 0.0853. The van der Waals surface area contributed by atoms with Crippen molar-refractivity contribution in [3.8, 4) is 11.5 Å². The van der Waals surface area contributed by atoms with Crippen LogP contribution in [0.4, 0.5) is 5.69 Å². The average Bonchev–Trinajstić information content (AvgIpc) is 2.95. The van der Waals surface area contributed by atoms with Crippen LogP contribution in [0.15, 0.2) is 47.5 Å². The molecule has 1 saturated heterocycles.